The van der Waals surface area contributed by atoms with Crippen molar-refractivity contribution in [3.8, 4) is 0 Å². The first-order valence-electron chi connectivity index (χ1n) is 4.91. The van der Waals surface area contributed by atoms with E-state index < -0.39 is 0 Å². The zero-order valence-electron chi connectivity index (χ0n) is 8.84. The average Bonchev–Trinajstić information content (AvgIpc) is 2.21. The van der Waals surface area contributed by atoms with Gasteiger partial charge in [0.2, 0.25) is 0 Å². The Morgan fingerprint density at radius 2 is 2.19 bits per heavy atom. The van der Waals surface area contributed by atoms with Crippen LogP contribution in [0.3, 0.4) is 0 Å². The topological polar surface area (TPSA) is 49.3 Å². The fraction of sp³-hybridized carbons (Fsp3) is 0.364. The summed E-state index contributed by atoms with van der Waals surface area (Å²) in [6.45, 7) is 1.84. The highest BCUT2D eigenvalue weighted by molar-refractivity contribution is 6.35. The van der Waals surface area contributed by atoms with Gasteiger partial charge in [0.15, 0.2) is 0 Å². The second-order valence-electron chi connectivity index (χ2n) is 3.51. The van der Waals surface area contributed by atoms with Crippen molar-refractivity contribution in [1.29, 1.82) is 0 Å². The minimum absolute atomic E-state index is 0.0325. The van der Waals surface area contributed by atoms with Crippen LogP contribution in [0.2, 0.25) is 10.0 Å². The fourth-order valence-corrected chi connectivity index (χ4v) is 1.61. The third kappa shape index (κ3) is 3.67. The highest BCUT2D eigenvalue weighted by Gasteiger charge is 2.13. The lowest BCUT2D eigenvalue weighted by atomic mass is 10.2. The van der Waals surface area contributed by atoms with Crippen molar-refractivity contribution in [2.45, 2.75) is 19.4 Å². The van der Waals surface area contributed by atoms with Crippen molar-refractivity contribution in [2.24, 2.45) is 0 Å². The number of halogens is 2. The van der Waals surface area contributed by atoms with Gasteiger partial charge in [-0.05, 0) is 31.5 Å². The first-order chi connectivity index (χ1) is 7.54. The van der Waals surface area contributed by atoms with Crippen molar-refractivity contribution in [1.82, 2.24) is 5.32 Å². The lowest BCUT2D eigenvalue weighted by Gasteiger charge is -2.13. The van der Waals surface area contributed by atoms with E-state index in [9.17, 15) is 4.79 Å². The van der Waals surface area contributed by atoms with Crippen LogP contribution in [0.4, 0.5) is 0 Å². The minimum Gasteiger partial charge on any atom is -0.396 e. The van der Waals surface area contributed by atoms with Gasteiger partial charge >= 0.3 is 0 Å². The molecule has 0 aliphatic carbocycles. The summed E-state index contributed by atoms with van der Waals surface area (Å²) in [4.78, 5) is 11.8. The maximum absolute atomic E-state index is 11.8. The van der Waals surface area contributed by atoms with E-state index in [0.29, 0.717) is 22.0 Å². The molecule has 1 aromatic rings. The fourth-order valence-electron chi connectivity index (χ4n) is 1.24. The zero-order valence-corrected chi connectivity index (χ0v) is 10.3. The molecule has 0 radical (unpaired) electrons. The molecular weight excluding hydrogens is 249 g/mol. The van der Waals surface area contributed by atoms with E-state index in [1.165, 1.54) is 6.07 Å². The summed E-state index contributed by atoms with van der Waals surface area (Å²) in [5, 5.41) is 12.3. The van der Waals surface area contributed by atoms with Gasteiger partial charge in [0.05, 0.1) is 10.6 Å². The standard InChI is InChI=1S/C11H13Cl2NO2/c1-7(4-5-15)14-11(16)9-6-8(12)2-3-10(9)13/h2-3,6-7,15H,4-5H2,1H3,(H,14,16). The molecule has 1 rings (SSSR count). The highest BCUT2D eigenvalue weighted by atomic mass is 35.5. The summed E-state index contributed by atoms with van der Waals surface area (Å²) < 4.78 is 0. The van der Waals surface area contributed by atoms with Gasteiger partial charge < -0.3 is 10.4 Å². The predicted molar refractivity (Wildman–Crippen MR) is 65.1 cm³/mol. The van der Waals surface area contributed by atoms with Gasteiger partial charge in [-0.1, -0.05) is 23.2 Å². The SMILES string of the molecule is CC(CCO)NC(=O)c1cc(Cl)ccc1Cl. The Balaban J connectivity index is 2.76. The molecular formula is C11H13Cl2NO2. The van der Waals surface area contributed by atoms with Crippen LogP contribution in [0, 0.1) is 0 Å². The maximum Gasteiger partial charge on any atom is 0.253 e. The van der Waals surface area contributed by atoms with Gasteiger partial charge in [0, 0.05) is 17.7 Å². The Kier molecular flexibility index (Phi) is 5.06. The van der Waals surface area contributed by atoms with Crippen LogP contribution < -0.4 is 5.32 Å². The van der Waals surface area contributed by atoms with Crippen LogP contribution in [-0.2, 0) is 0 Å². The highest BCUT2D eigenvalue weighted by Crippen LogP contribution is 2.20. The molecule has 0 bridgehead atoms. The van der Waals surface area contributed by atoms with Crippen LogP contribution in [-0.4, -0.2) is 23.7 Å². The molecule has 0 heterocycles. The summed E-state index contributed by atoms with van der Waals surface area (Å²) in [6.07, 6.45) is 0.504. The molecule has 0 saturated heterocycles. The van der Waals surface area contributed by atoms with Gasteiger partial charge in [-0.25, -0.2) is 0 Å². The van der Waals surface area contributed by atoms with E-state index >= 15 is 0 Å². The number of rotatable bonds is 4. The third-order valence-corrected chi connectivity index (χ3v) is 2.68. The lowest BCUT2D eigenvalue weighted by molar-refractivity contribution is 0.0934. The van der Waals surface area contributed by atoms with Crippen LogP contribution in [0.15, 0.2) is 18.2 Å². The second kappa shape index (κ2) is 6.09. The number of hydrogen-bond acceptors (Lipinski definition) is 2. The molecule has 1 amide bonds. The molecule has 3 nitrogen and oxygen atoms in total. The summed E-state index contributed by atoms with van der Waals surface area (Å²) in [5.41, 5.74) is 0.346. The van der Waals surface area contributed by atoms with Crippen LogP contribution in [0.25, 0.3) is 0 Å². The number of nitrogens with one attached hydrogen (secondary N) is 1. The summed E-state index contributed by atoms with van der Waals surface area (Å²) in [5.74, 6) is -0.284. The number of amides is 1. The van der Waals surface area contributed by atoms with E-state index in [0.717, 1.165) is 0 Å². The van der Waals surface area contributed by atoms with Gasteiger partial charge in [-0.3, -0.25) is 4.79 Å². The Bertz CT molecular complexity index is 382. The van der Waals surface area contributed by atoms with E-state index in [2.05, 4.69) is 5.32 Å². The summed E-state index contributed by atoms with van der Waals surface area (Å²) in [7, 11) is 0. The number of aliphatic hydroxyl groups excluding tert-OH is 1. The van der Waals surface area contributed by atoms with E-state index in [1.54, 1.807) is 12.1 Å². The molecule has 1 aromatic carbocycles. The molecule has 16 heavy (non-hydrogen) atoms. The van der Waals surface area contributed by atoms with Crippen molar-refractivity contribution >= 4 is 29.1 Å². The lowest BCUT2D eigenvalue weighted by Crippen LogP contribution is -2.33. The number of carbonyl (C=O) groups is 1. The number of hydrogen-bond donors (Lipinski definition) is 2. The Morgan fingerprint density at radius 1 is 1.50 bits per heavy atom. The van der Waals surface area contributed by atoms with E-state index in [-0.39, 0.29) is 18.6 Å². The number of aliphatic hydroxyl groups is 1. The van der Waals surface area contributed by atoms with Gasteiger partial charge in [-0.15, -0.1) is 0 Å². The predicted octanol–water partition coefficient (Wildman–Crippen LogP) is 2.49. The van der Waals surface area contributed by atoms with Crippen molar-refractivity contribution < 1.29 is 9.90 Å². The quantitative estimate of drug-likeness (QED) is 0.875. The third-order valence-electron chi connectivity index (χ3n) is 2.11. The van der Waals surface area contributed by atoms with E-state index in [4.69, 9.17) is 28.3 Å². The molecule has 0 aliphatic rings. The first kappa shape index (κ1) is 13.3. The second-order valence-corrected chi connectivity index (χ2v) is 4.35. The van der Waals surface area contributed by atoms with Crippen molar-refractivity contribution in [3.63, 3.8) is 0 Å². The smallest absolute Gasteiger partial charge is 0.253 e. The molecule has 0 aromatic heterocycles. The molecule has 2 N–H and O–H groups in total. The Labute approximate surface area is 104 Å². The van der Waals surface area contributed by atoms with Crippen molar-refractivity contribution in [3.05, 3.63) is 33.8 Å². The van der Waals surface area contributed by atoms with Gasteiger partial charge in [0.25, 0.3) is 5.91 Å². The molecule has 0 fully saturated rings. The van der Waals surface area contributed by atoms with Gasteiger partial charge in [-0.2, -0.15) is 0 Å². The maximum atomic E-state index is 11.8. The number of carbonyl (C=O) groups excluding carboxylic acids is 1. The zero-order chi connectivity index (χ0) is 12.1. The summed E-state index contributed by atoms with van der Waals surface area (Å²) >= 11 is 11.7. The summed E-state index contributed by atoms with van der Waals surface area (Å²) in [6, 6.07) is 4.62. The molecule has 0 aliphatic heterocycles. The largest absolute Gasteiger partial charge is 0.396 e. The Hall–Kier alpha value is -0.770. The van der Waals surface area contributed by atoms with Crippen LogP contribution in [0.1, 0.15) is 23.7 Å². The average molecular weight is 262 g/mol. The monoisotopic (exact) mass is 261 g/mol. The van der Waals surface area contributed by atoms with Crippen LogP contribution >= 0.6 is 23.2 Å². The molecule has 88 valence electrons. The molecule has 0 saturated carbocycles. The number of benzene rings is 1. The van der Waals surface area contributed by atoms with Gasteiger partial charge in [0.1, 0.15) is 0 Å². The van der Waals surface area contributed by atoms with Crippen molar-refractivity contribution in [2.75, 3.05) is 6.61 Å². The molecule has 1 unspecified atom stereocenters. The first-order valence-corrected chi connectivity index (χ1v) is 5.67. The molecule has 0 spiro atoms. The normalized spacial score (nSPS) is 12.2. The minimum atomic E-state index is -0.284. The molecule has 1 atom stereocenters. The van der Waals surface area contributed by atoms with Crippen LogP contribution in [0.5, 0.6) is 0 Å². The molecule has 5 heteroatoms. The van der Waals surface area contributed by atoms with E-state index in [1.807, 2.05) is 6.92 Å². The Morgan fingerprint density at radius 3 is 2.81 bits per heavy atom.